The van der Waals surface area contributed by atoms with E-state index in [2.05, 4.69) is 33.0 Å². The van der Waals surface area contributed by atoms with E-state index in [0.717, 1.165) is 11.3 Å². The highest BCUT2D eigenvalue weighted by Gasteiger charge is 2.59. The molecule has 3 aliphatic heterocycles. The largest absolute Gasteiger partial charge is 0.368 e. The molecular formula is C25H29Cl2N5O3. The second-order valence-electron chi connectivity index (χ2n) is 9.32. The van der Waals surface area contributed by atoms with E-state index in [4.69, 9.17) is 27.9 Å². The van der Waals surface area contributed by atoms with Crippen LogP contribution in [-0.4, -0.2) is 67.4 Å². The number of nitrogens with one attached hydrogen (secondary N) is 3. The van der Waals surface area contributed by atoms with Gasteiger partial charge in [-0.25, -0.2) is 4.79 Å². The van der Waals surface area contributed by atoms with Gasteiger partial charge in [-0.05, 0) is 30.2 Å². The molecule has 5 rings (SSSR count). The summed E-state index contributed by atoms with van der Waals surface area (Å²) in [4.78, 5) is 29.4. The van der Waals surface area contributed by atoms with Crippen molar-refractivity contribution in [3.63, 3.8) is 0 Å². The number of halogens is 2. The molecule has 3 fully saturated rings. The van der Waals surface area contributed by atoms with Gasteiger partial charge in [0.25, 0.3) is 0 Å². The quantitative estimate of drug-likeness (QED) is 0.468. The minimum atomic E-state index is -0.628. The molecule has 8 nitrogen and oxygen atoms in total. The molecule has 0 aliphatic carbocycles. The van der Waals surface area contributed by atoms with E-state index >= 15 is 0 Å². The number of urea groups is 1. The fourth-order valence-electron chi connectivity index (χ4n) is 4.99. The molecule has 10 heteroatoms. The maximum Gasteiger partial charge on any atom is 0.317 e. The van der Waals surface area contributed by atoms with Gasteiger partial charge in [0, 0.05) is 61.4 Å². The van der Waals surface area contributed by atoms with Crippen LogP contribution in [0.4, 0.5) is 10.5 Å². The fraction of sp³-hybridized carbons (Fsp3) is 0.440. The second kappa shape index (κ2) is 10.2. The normalized spacial score (nSPS) is 25.5. The number of nitrogens with zero attached hydrogens (tertiary/aromatic N) is 2. The molecule has 2 aromatic rings. The summed E-state index contributed by atoms with van der Waals surface area (Å²) in [6.45, 7) is 3.86. The first-order valence-corrected chi connectivity index (χ1v) is 12.7. The highest BCUT2D eigenvalue weighted by Crippen LogP contribution is 2.37. The number of piperazine rings is 1. The fourth-order valence-corrected chi connectivity index (χ4v) is 5.51. The Balaban J connectivity index is 1.17. The lowest BCUT2D eigenvalue weighted by molar-refractivity contribution is -0.132. The number of benzene rings is 2. The third kappa shape index (κ3) is 5.67. The number of carbonyl (C=O) groups excluding carboxylic acids is 2. The van der Waals surface area contributed by atoms with Crippen molar-refractivity contribution in [3.8, 4) is 0 Å². The number of amides is 3. The molecule has 0 aromatic heterocycles. The zero-order chi connectivity index (χ0) is 24.4. The molecule has 0 spiro atoms. The van der Waals surface area contributed by atoms with E-state index in [9.17, 15) is 9.59 Å². The number of carbonyl (C=O) groups is 2. The summed E-state index contributed by atoms with van der Waals surface area (Å²) in [6.07, 6.45) is 0.404. The van der Waals surface area contributed by atoms with E-state index in [-0.39, 0.29) is 24.3 Å². The highest BCUT2D eigenvalue weighted by atomic mass is 35.5. The van der Waals surface area contributed by atoms with Gasteiger partial charge in [0.2, 0.25) is 5.91 Å². The Morgan fingerprint density at radius 2 is 1.80 bits per heavy atom. The summed E-state index contributed by atoms with van der Waals surface area (Å²) in [5.41, 5.74) is 1.50. The molecule has 0 saturated carbocycles. The van der Waals surface area contributed by atoms with Crippen molar-refractivity contribution in [3.05, 3.63) is 64.1 Å². The standard InChI is InChI=1S/C25H29Cl2N5O3/c26-18-12-19(27)14-20(13-18)31-8-10-32(11-9-31)21(33)6-7-25(22-23(35-22)29-24(34)30-25)16-28-15-17-4-2-1-3-5-17/h1-5,12-14,22-23,28H,6-11,15-16H2,(H2,29,30,34). The first kappa shape index (κ1) is 24.2. The molecule has 35 heavy (non-hydrogen) atoms. The number of fused-ring (bicyclic) bond motifs is 1. The lowest BCUT2D eigenvalue weighted by Gasteiger charge is -2.38. The van der Waals surface area contributed by atoms with Gasteiger partial charge in [0.15, 0.2) is 6.23 Å². The summed E-state index contributed by atoms with van der Waals surface area (Å²) in [7, 11) is 0. The SMILES string of the molecule is O=C1NC2OC2C(CCC(=O)N2CCN(c3cc(Cl)cc(Cl)c3)CC2)(CNCc2ccccc2)N1. The molecule has 3 aliphatic rings. The van der Waals surface area contributed by atoms with Crippen molar-refractivity contribution < 1.29 is 14.3 Å². The smallest absolute Gasteiger partial charge is 0.317 e. The summed E-state index contributed by atoms with van der Waals surface area (Å²) in [6, 6.07) is 15.3. The van der Waals surface area contributed by atoms with E-state index in [1.165, 1.54) is 0 Å². The van der Waals surface area contributed by atoms with Gasteiger partial charge < -0.3 is 30.5 Å². The molecule has 3 unspecified atom stereocenters. The van der Waals surface area contributed by atoms with Crippen molar-refractivity contribution in [2.45, 2.75) is 37.3 Å². The van der Waals surface area contributed by atoms with Gasteiger partial charge in [-0.15, -0.1) is 0 Å². The molecule has 3 saturated heterocycles. The van der Waals surface area contributed by atoms with Crippen LogP contribution in [0.2, 0.25) is 10.0 Å². The van der Waals surface area contributed by atoms with Crippen LogP contribution >= 0.6 is 23.2 Å². The highest BCUT2D eigenvalue weighted by molar-refractivity contribution is 6.35. The zero-order valence-electron chi connectivity index (χ0n) is 19.3. The Labute approximate surface area is 214 Å². The Morgan fingerprint density at radius 1 is 1.09 bits per heavy atom. The predicted molar refractivity (Wildman–Crippen MR) is 136 cm³/mol. The first-order valence-electron chi connectivity index (χ1n) is 11.9. The Bertz CT molecular complexity index is 1060. The van der Waals surface area contributed by atoms with Crippen LogP contribution in [0.15, 0.2) is 48.5 Å². The Kier molecular flexibility index (Phi) is 7.07. The van der Waals surface area contributed by atoms with Crippen LogP contribution in [0, 0.1) is 0 Å². The number of ether oxygens (including phenoxy) is 1. The molecular weight excluding hydrogens is 489 g/mol. The van der Waals surface area contributed by atoms with Crippen molar-refractivity contribution in [2.24, 2.45) is 0 Å². The second-order valence-corrected chi connectivity index (χ2v) is 10.2. The Hall–Kier alpha value is -2.52. The number of rotatable bonds is 8. The van der Waals surface area contributed by atoms with Crippen molar-refractivity contribution in [1.82, 2.24) is 20.9 Å². The number of hydrogen-bond donors (Lipinski definition) is 3. The summed E-state index contributed by atoms with van der Waals surface area (Å²) in [5, 5.41) is 10.5. The van der Waals surface area contributed by atoms with Gasteiger partial charge in [-0.2, -0.15) is 0 Å². The van der Waals surface area contributed by atoms with Crippen LogP contribution < -0.4 is 20.9 Å². The predicted octanol–water partition coefficient (Wildman–Crippen LogP) is 2.99. The maximum atomic E-state index is 13.1. The number of hydrogen-bond acceptors (Lipinski definition) is 5. The van der Waals surface area contributed by atoms with Gasteiger partial charge >= 0.3 is 6.03 Å². The minimum Gasteiger partial charge on any atom is -0.368 e. The average Bonchev–Trinajstić information content (AvgIpc) is 3.63. The molecule has 186 valence electrons. The number of epoxide rings is 1. The third-order valence-corrected chi connectivity index (χ3v) is 7.35. The van der Waals surface area contributed by atoms with Crippen molar-refractivity contribution >= 4 is 40.8 Å². The van der Waals surface area contributed by atoms with E-state index in [0.29, 0.717) is 62.2 Å². The molecule has 2 aromatic carbocycles. The van der Waals surface area contributed by atoms with E-state index in [1.807, 2.05) is 35.2 Å². The monoisotopic (exact) mass is 517 g/mol. The van der Waals surface area contributed by atoms with Crippen LogP contribution in [-0.2, 0) is 16.1 Å². The van der Waals surface area contributed by atoms with Crippen LogP contribution in [0.3, 0.4) is 0 Å². The Morgan fingerprint density at radius 3 is 2.51 bits per heavy atom. The van der Waals surface area contributed by atoms with E-state index < -0.39 is 5.54 Å². The molecule has 3 heterocycles. The molecule has 3 atom stereocenters. The van der Waals surface area contributed by atoms with Crippen molar-refractivity contribution in [2.75, 3.05) is 37.6 Å². The molecule has 3 N–H and O–H groups in total. The lowest BCUT2D eigenvalue weighted by Crippen LogP contribution is -2.65. The molecule has 0 radical (unpaired) electrons. The van der Waals surface area contributed by atoms with Crippen molar-refractivity contribution in [1.29, 1.82) is 0 Å². The van der Waals surface area contributed by atoms with Gasteiger partial charge in [-0.3, -0.25) is 4.79 Å². The van der Waals surface area contributed by atoms with Crippen LogP contribution in [0.1, 0.15) is 18.4 Å². The number of anilines is 1. The van der Waals surface area contributed by atoms with Crippen LogP contribution in [0.5, 0.6) is 0 Å². The van der Waals surface area contributed by atoms with Crippen LogP contribution in [0.25, 0.3) is 0 Å². The summed E-state index contributed by atoms with van der Waals surface area (Å²) < 4.78 is 5.74. The lowest BCUT2D eigenvalue weighted by atomic mass is 9.87. The summed E-state index contributed by atoms with van der Waals surface area (Å²) >= 11 is 12.3. The first-order chi connectivity index (χ1) is 16.9. The van der Waals surface area contributed by atoms with Gasteiger partial charge in [-0.1, -0.05) is 53.5 Å². The van der Waals surface area contributed by atoms with Gasteiger partial charge in [0.05, 0.1) is 5.54 Å². The molecule has 0 bridgehead atoms. The summed E-state index contributed by atoms with van der Waals surface area (Å²) in [5.74, 6) is 0.0844. The van der Waals surface area contributed by atoms with E-state index in [1.54, 1.807) is 6.07 Å². The average molecular weight is 518 g/mol. The maximum absolute atomic E-state index is 13.1. The van der Waals surface area contributed by atoms with Gasteiger partial charge in [0.1, 0.15) is 6.10 Å². The molecule has 3 amide bonds. The topological polar surface area (TPSA) is 89.2 Å². The minimum absolute atomic E-state index is 0.0844. The zero-order valence-corrected chi connectivity index (χ0v) is 20.8. The third-order valence-electron chi connectivity index (χ3n) is 6.91.